The van der Waals surface area contributed by atoms with Crippen molar-refractivity contribution in [2.75, 3.05) is 31.5 Å². The van der Waals surface area contributed by atoms with E-state index in [1.807, 2.05) is 11.6 Å². The molecule has 1 aromatic carbocycles. The predicted octanol–water partition coefficient (Wildman–Crippen LogP) is 1.68. The molecule has 152 valence electrons. The number of nitrogens with one attached hydrogen (secondary N) is 1. The molecule has 9 heteroatoms. The number of anilines is 1. The van der Waals surface area contributed by atoms with Crippen LogP contribution < -0.4 is 5.32 Å². The van der Waals surface area contributed by atoms with Gasteiger partial charge in [0.15, 0.2) is 0 Å². The van der Waals surface area contributed by atoms with Gasteiger partial charge in [0, 0.05) is 63.6 Å². The first kappa shape index (κ1) is 20.5. The van der Waals surface area contributed by atoms with Gasteiger partial charge in [0.05, 0.1) is 10.6 Å². The zero-order valence-corrected chi connectivity index (χ0v) is 17.4. The molecular formula is C19H27N5O3S. The number of carbonyl (C=O) groups excluding carboxylic acids is 1. The summed E-state index contributed by atoms with van der Waals surface area (Å²) in [4.78, 5) is 13.6. The first-order valence-electron chi connectivity index (χ1n) is 9.42. The van der Waals surface area contributed by atoms with Gasteiger partial charge in [0.1, 0.15) is 0 Å². The van der Waals surface area contributed by atoms with Crippen molar-refractivity contribution in [1.29, 1.82) is 0 Å². The number of carbonyl (C=O) groups is 1. The Labute approximate surface area is 166 Å². The van der Waals surface area contributed by atoms with Crippen LogP contribution in [0, 0.1) is 6.92 Å². The van der Waals surface area contributed by atoms with Gasteiger partial charge in [0.2, 0.25) is 15.9 Å². The van der Waals surface area contributed by atoms with Crippen LogP contribution in [0.2, 0.25) is 0 Å². The first-order chi connectivity index (χ1) is 13.3. The number of benzene rings is 1. The monoisotopic (exact) mass is 405 g/mol. The summed E-state index contributed by atoms with van der Waals surface area (Å²) in [5.41, 5.74) is 2.79. The minimum Gasteiger partial charge on any atom is -0.326 e. The average molecular weight is 406 g/mol. The Hall–Kier alpha value is -2.23. The number of amides is 1. The molecule has 0 bridgehead atoms. The predicted molar refractivity (Wildman–Crippen MR) is 107 cm³/mol. The molecule has 3 rings (SSSR count). The van der Waals surface area contributed by atoms with Crippen LogP contribution in [-0.2, 0) is 27.9 Å². The molecule has 8 nitrogen and oxygen atoms in total. The van der Waals surface area contributed by atoms with Crippen molar-refractivity contribution < 1.29 is 13.2 Å². The molecule has 0 atom stereocenters. The third kappa shape index (κ3) is 4.60. The van der Waals surface area contributed by atoms with E-state index in [-0.39, 0.29) is 10.8 Å². The van der Waals surface area contributed by atoms with E-state index in [1.54, 1.807) is 12.1 Å². The standard InChI is InChI=1S/C19H27N5O3S/c1-4-23-14-17(15(2)21-23)13-22-9-11-24(12-10-22)28(26,27)19-7-5-18(6-8-19)20-16(3)25/h5-8,14H,4,9-13H2,1-3H3,(H,20,25). The Bertz CT molecular complexity index is 929. The molecule has 1 aliphatic rings. The van der Waals surface area contributed by atoms with Gasteiger partial charge in [-0.05, 0) is 38.1 Å². The van der Waals surface area contributed by atoms with Crippen LogP contribution in [0.25, 0.3) is 0 Å². The normalized spacial score (nSPS) is 16.2. The van der Waals surface area contributed by atoms with Crippen LogP contribution in [-0.4, -0.2) is 59.5 Å². The van der Waals surface area contributed by atoms with E-state index in [2.05, 4.69) is 28.4 Å². The lowest BCUT2D eigenvalue weighted by molar-refractivity contribution is -0.114. The summed E-state index contributed by atoms with van der Waals surface area (Å²) in [6.07, 6.45) is 2.06. The molecule has 0 saturated carbocycles. The van der Waals surface area contributed by atoms with Crippen molar-refractivity contribution in [3.05, 3.63) is 41.7 Å². The van der Waals surface area contributed by atoms with Crippen molar-refractivity contribution >= 4 is 21.6 Å². The number of hydrogen-bond donors (Lipinski definition) is 1. The molecule has 1 amide bonds. The quantitative estimate of drug-likeness (QED) is 0.790. The fraction of sp³-hybridized carbons (Fsp3) is 0.474. The SMILES string of the molecule is CCn1cc(CN2CCN(S(=O)(=O)c3ccc(NC(C)=O)cc3)CC2)c(C)n1. The van der Waals surface area contributed by atoms with Crippen LogP contribution >= 0.6 is 0 Å². The van der Waals surface area contributed by atoms with Crippen molar-refractivity contribution in [2.24, 2.45) is 0 Å². The maximum absolute atomic E-state index is 12.9. The molecule has 1 aliphatic heterocycles. The van der Waals surface area contributed by atoms with Crippen LogP contribution in [0.5, 0.6) is 0 Å². The van der Waals surface area contributed by atoms with E-state index in [4.69, 9.17) is 0 Å². The largest absolute Gasteiger partial charge is 0.326 e. The highest BCUT2D eigenvalue weighted by molar-refractivity contribution is 7.89. The van der Waals surface area contributed by atoms with Crippen LogP contribution in [0.4, 0.5) is 5.69 Å². The molecule has 28 heavy (non-hydrogen) atoms. The summed E-state index contributed by atoms with van der Waals surface area (Å²) in [5, 5.41) is 7.11. The maximum Gasteiger partial charge on any atom is 0.243 e. The Morgan fingerprint density at radius 2 is 1.79 bits per heavy atom. The Balaban J connectivity index is 1.61. The second-order valence-corrected chi connectivity index (χ2v) is 8.92. The molecule has 2 heterocycles. The number of sulfonamides is 1. The van der Waals surface area contributed by atoms with Crippen molar-refractivity contribution in [1.82, 2.24) is 19.0 Å². The van der Waals surface area contributed by atoms with Gasteiger partial charge >= 0.3 is 0 Å². The molecule has 1 saturated heterocycles. The number of rotatable bonds is 6. The third-order valence-electron chi connectivity index (χ3n) is 4.91. The maximum atomic E-state index is 12.9. The lowest BCUT2D eigenvalue weighted by atomic mass is 10.2. The van der Waals surface area contributed by atoms with Gasteiger partial charge in [-0.15, -0.1) is 0 Å². The molecule has 0 unspecified atom stereocenters. The zero-order chi connectivity index (χ0) is 20.3. The highest BCUT2D eigenvalue weighted by Crippen LogP contribution is 2.21. The van der Waals surface area contributed by atoms with Crippen LogP contribution in [0.15, 0.2) is 35.4 Å². The molecular weight excluding hydrogens is 378 g/mol. The van der Waals surface area contributed by atoms with Crippen molar-refractivity contribution in [3.63, 3.8) is 0 Å². The lowest BCUT2D eigenvalue weighted by Gasteiger charge is -2.33. The Morgan fingerprint density at radius 3 is 2.32 bits per heavy atom. The van der Waals surface area contributed by atoms with Crippen molar-refractivity contribution in [2.45, 2.75) is 38.8 Å². The Morgan fingerprint density at radius 1 is 1.14 bits per heavy atom. The second-order valence-electron chi connectivity index (χ2n) is 6.98. The number of aryl methyl sites for hydroxylation is 2. The zero-order valence-electron chi connectivity index (χ0n) is 16.6. The molecule has 1 fully saturated rings. The van der Waals surface area contributed by atoms with Gasteiger partial charge in [-0.3, -0.25) is 14.4 Å². The lowest BCUT2D eigenvalue weighted by Crippen LogP contribution is -2.48. The summed E-state index contributed by atoms with van der Waals surface area (Å²) in [6.45, 7) is 9.38. The molecule has 2 aromatic rings. The molecule has 1 N–H and O–H groups in total. The third-order valence-corrected chi connectivity index (χ3v) is 6.82. The minimum atomic E-state index is -3.53. The summed E-state index contributed by atoms with van der Waals surface area (Å²) in [7, 11) is -3.53. The van der Waals surface area contributed by atoms with E-state index in [1.165, 1.54) is 28.9 Å². The van der Waals surface area contributed by atoms with Gasteiger partial charge in [-0.1, -0.05) is 0 Å². The fourth-order valence-corrected chi connectivity index (χ4v) is 4.73. The number of hydrogen-bond acceptors (Lipinski definition) is 5. The van der Waals surface area contributed by atoms with Crippen LogP contribution in [0.3, 0.4) is 0 Å². The van der Waals surface area contributed by atoms with E-state index >= 15 is 0 Å². The highest BCUT2D eigenvalue weighted by Gasteiger charge is 2.28. The molecule has 0 spiro atoms. The smallest absolute Gasteiger partial charge is 0.243 e. The Kier molecular flexibility index (Phi) is 6.17. The topological polar surface area (TPSA) is 87.5 Å². The summed E-state index contributed by atoms with van der Waals surface area (Å²) < 4.78 is 29.2. The van der Waals surface area contributed by atoms with Gasteiger partial charge in [0.25, 0.3) is 0 Å². The number of piperazine rings is 1. The molecule has 0 radical (unpaired) electrons. The van der Waals surface area contributed by atoms with Crippen LogP contribution in [0.1, 0.15) is 25.1 Å². The molecule has 0 aliphatic carbocycles. The summed E-state index contributed by atoms with van der Waals surface area (Å²) in [6, 6.07) is 6.29. The van der Waals surface area contributed by atoms with Gasteiger partial charge < -0.3 is 5.32 Å². The average Bonchev–Trinajstić information content (AvgIpc) is 3.02. The van der Waals surface area contributed by atoms with Gasteiger partial charge in [-0.25, -0.2) is 8.42 Å². The van der Waals surface area contributed by atoms with E-state index in [0.29, 0.717) is 31.9 Å². The molecule has 1 aromatic heterocycles. The van der Waals surface area contributed by atoms with Gasteiger partial charge in [-0.2, -0.15) is 9.40 Å². The highest BCUT2D eigenvalue weighted by atomic mass is 32.2. The first-order valence-corrected chi connectivity index (χ1v) is 10.9. The minimum absolute atomic E-state index is 0.188. The van der Waals surface area contributed by atoms with E-state index < -0.39 is 10.0 Å². The summed E-state index contributed by atoms with van der Waals surface area (Å²) >= 11 is 0. The second kappa shape index (κ2) is 8.42. The van der Waals surface area contributed by atoms with Crippen molar-refractivity contribution in [3.8, 4) is 0 Å². The van der Waals surface area contributed by atoms with E-state index in [9.17, 15) is 13.2 Å². The summed E-state index contributed by atoms with van der Waals surface area (Å²) in [5.74, 6) is -0.188. The van der Waals surface area contributed by atoms with E-state index in [0.717, 1.165) is 18.8 Å². The fourth-order valence-electron chi connectivity index (χ4n) is 3.31. The number of aromatic nitrogens is 2. The number of nitrogens with zero attached hydrogens (tertiary/aromatic N) is 4.